The van der Waals surface area contributed by atoms with E-state index in [0.29, 0.717) is 25.2 Å². The van der Waals surface area contributed by atoms with E-state index in [4.69, 9.17) is 4.98 Å². The lowest BCUT2D eigenvalue weighted by Gasteiger charge is -2.42. The Kier molecular flexibility index (Phi) is 6.49. The Morgan fingerprint density at radius 2 is 1.86 bits per heavy atom. The van der Waals surface area contributed by atoms with E-state index in [0.717, 1.165) is 41.3 Å². The van der Waals surface area contributed by atoms with Gasteiger partial charge in [0.2, 0.25) is 11.0 Å². The molecule has 1 unspecified atom stereocenters. The van der Waals surface area contributed by atoms with Crippen LogP contribution in [-0.4, -0.2) is 62.1 Å². The number of piperazine rings is 1. The summed E-state index contributed by atoms with van der Waals surface area (Å²) in [4.78, 5) is 35.1. The first-order valence-corrected chi connectivity index (χ1v) is 13.4. The number of nitrogens with zero attached hydrogens (tertiary/aromatic N) is 5. The third-order valence-electron chi connectivity index (χ3n) is 7.26. The molecular weight excluding hydrogens is 458 g/mol. The van der Waals surface area contributed by atoms with Crippen LogP contribution >= 0.6 is 11.3 Å². The van der Waals surface area contributed by atoms with Crippen LogP contribution < -0.4 is 0 Å². The van der Waals surface area contributed by atoms with Crippen LogP contribution in [0.3, 0.4) is 0 Å². The first-order valence-electron chi connectivity index (χ1n) is 12.5. The Morgan fingerprint density at radius 1 is 1.11 bits per heavy atom. The van der Waals surface area contributed by atoms with Crippen LogP contribution in [0.15, 0.2) is 35.8 Å². The highest BCUT2D eigenvalue weighted by atomic mass is 32.1. The second kappa shape index (κ2) is 9.57. The molecule has 2 aliphatic rings. The summed E-state index contributed by atoms with van der Waals surface area (Å²) in [7, 11) is 0. The largest absolute Gasteiger partial charge is 0.336 e. The van der Waals surface area contributed by atoms with Crippen molar-refractivity contribution in [2.45, 2.75) is 58.9 Å². The van der Waals surface area contributed by atoms with Gasteiger partial charge in [-0.15, -0.1) is 11.3 Å². The third kappa shape index (κ3) is 4.51. The van der Waals surface area contributed by atoms with Gasteiger partial charge in [-0.2, -0.15) is 5.10 Å². The smallest absolute Gasteiger partial charge is 0.257 e. The molecule has 7 nitrogen and oxygen atoms in total. The van der Waals surface area contributed by atoms with E-state index >= 15 is 0 Å². The van der Waals surface area contributed by atoms with Gasteiger partial charge in [-0.25, -0.2) is 9.67 Å². The molecule has 0 radical (unpaired) electrons. The van der Waals surface area contributed by atoms with E-state index in [-0.39, 0.29) is 29.7 Å². The number of amides is 2. The number of aryl methyl sites for hydroxylation is 1. The minimum Gasteiger partial charge on any atom is -0.336 e. The van der Waals surface area contributed by atoms with Gasteiger partial charge in [-0.1, -0.05) is 50.1 Å². The van der Waals surface area contributed by atoms with Gasteiger partial charge >= 0.3 is 0 Å². The molecule has 0 N–H and O–H groups in total. The Hall–Kier alpha value is -3.00. The van der Waals surface area contributed by atoms with Crippen LogP contribution in [0.5, 0.6) is 0 Å². The van der Waals surface area contributed by atoms with Gasteiger partial charge < -0.3 is 9.80 Å². The number of benzene rings is 1. The standard InChI is InChI=1S/C27H33N5O2S/c1-17(2)24-22(26(34)30-12-13-31(19(4)15-30)25(33)21-6-5-7-21)14-28-32(24)27-29-23(16-35-27)20-10-8-18(3)9-11-20/h8-11,14,16-17,19,21H,5-7,12-13,15H2,1-4H3. The lowest BCUT2D eigenvalue weighted by Crippen LogP contribution is -2.57. The summed E-state index contributed by atoms with van der Waals surface area (Å²) in [5.74, 6) is 0.535. The summed E-state index contributed by atoms with van der Waals surface area (Å²) in [6.45, 7) is 9.98. The molecule has 1 saturated heterocycles. The molecule has 184 valence electrons. The lowest BCUT2D eigenvalue weighted by molar-refractivity contribution is -0.142. The monoisotopic (exact) mass is 491 g/mol. The molecule has 0 bridgehead atoms. The maximum absolute atomic E-state index is 13.6. The lowest BCUT2D eigenvalue weighted by atomic mass is 9.84. The van der Waals surface area contributed by atoms with Gasteiger partial charge in [0.15, 0.2) is 0 Å². The van der Waals surface area contributed by atoms with E-state index in [9.17, 15) is 9.59 Å². The number of carbonyl (C=O) groups excluding carboxylic acids is 2. The summed E-state index contributed by atoms with van der Waals surface area (Å²) in [6, 6.07) is 8.34. The zero-order valence-corrected chi connectivity index (χ0v) is 21.7. The SMILES string of the molecule is Cc1ccc(-c2csc(-n3ncc(C(=O)N4CCN(C(=O)C5CCC5)C(C)C4)c3C(C)C)n2)cc1. The van der Waals surface area contributed by atoms with E-state index in [1.165, 1.54) is 16.9 Å². The molecular formula is C27H33N5O2S. The highest BCUT2D eigenvalue weighted by Gasteiger charge is 2.36. The molecule has 35 heavy (non-hydrogen) atoms. The van der Waals surface area contributed by atoms with Crippen molar-refractivity contribution >= 4 is 23.2 Å². The van der Waals surface area contributed by atoms with Gasteiger partial charge in [0.1, 0.15) is 0 Å². The molecule has 1 aromatic carbocycles. The van der Waals surface area contributed by atoms with Crippen molar-refractivity contribution in [2.75, 3.05) is 19.6 Å². The fraction of sp³-hybridized carbons (Fsp3) is 0.481. The zero-order valence-electron chi connectivity index (χ0n) is 20.9. The van der Waals surface area contributed by atoms with Crippen LogP contribution in [0.1, 0.15) is 67.6 Å². The first kappa shape index (κ1) is 23.7. The number of hydrogen-bond donors (Lipinski definition) is 0. The Balaban J connectivity index is 1.36. The molecule has 3 heterocycles. The highest BCUT2D eigenvalue weighted by Crippen LogP contribution is 2.31. The van der Waals surface area contributed by atoms with Crippen molar-refractivity contribution in [1.82, 2.24) is 24.6 Å². The van der Waals surface area contributed by atoms with E-state index < -0.39 is 0 Å². The highest BCUT2D eigenvalue weighted by molar-refractivity contribution is 7.12. The first-order chi connectivity index (χ1) is 16.8. The molecule has 1 aliphatic carbocycles. The van der Waals surface area contributed by atoms with Crippen LogP contribution in [0.4, 0.5) is 0 Å². The van der Waals surface area contributed by atoms with E-state index in [1.807, 2.05) is 26.8 Å². The quantitative estimate of drug-likeness (QED) is 0.509. The average Bonchev–Trinajstić information content (AvgIpc) is 3.45. The van der Waals surface area contributed by atoms with Crippen LogP contribution in [0.25, 0.3) is 16.4 Å². The fourth-order valence-electron chi connectivity index (χ4n) is 4.98. The van der Waals surface area contributed by atoms with E-state index in [2.05, 4.69) is 50.1 Å². The summed E-state index contributed by atoms with van der Waals surface area (Å²) in [5, 5.41) is 7.39. The average molecular weight is 492 g/mol. The maximum atomic E-state index is 13.6. The maximum Gasteiger partial charge on any atom is 0.257 e. The molecule has 1 saturated carbocycles. The third-order valence-corrected chi connectivity index (χ3v) is 8.07. The predicted molar refractivity (Wildman–Crippen MR) is 138 cm³/mol. The summed E-state index contributed by atoms with van der Waals surface area (Å²) in [5.41, 5.74) is 4.68. The topological polar surface area (TPSA) is 71.3 Å². The van der Waals surface area contributed by atoms with Crippen LogP contribution in [0, 0.1) is 12.8 Å². The molecule has 2 aromatic heterocycles. The predicted octanol–water partition coefficient (Wildman–Crippen LogP) is 4.90. The minimum atomic E-state index is -0.0159. The van der Waals surface area contributed by atoms with Gasteiger partial charge in [-0.3, -0.25) is 9.59 Å². The molecule has 5 rings (SSSR count). The molecule has 1 atom stereocenters. The van der Waals surface area contributed by atoms with Crippen molar-refractivity contribution in [3.05, 3.63) is 52.7 Å². The Morgan fingerprint density at radius 3 is 2.49 bits per heavy atom. The summed E-state index contributed by atoms with van der Waals surface area (Å²) < 4.78 is 1.82. The van der Waals surface area contributed by atoms with Crippen LogP contribution in [0.2, 0.25) is 0 Å². The van der Waals surface area contributed by atoms with Crippen molar-refractivity contribution in [3.63, 3.8) is 0 Å². The van der Waals surface area contributed by atoms with Crippen molar-refractivity contribution in [2.24, 2.45) is 5.92 Å². The van der Waals surface area contributed by atoms with Crippen LogP contribution in [-0.2, 0) is 4.79 Å². The van der Waals surface area contributed by atoms with E-state index in [1.54, 1.807) is 6.20 Å². The number of carbonyl (C=O) groups is 2. The Labute approximate surface area is 210 Å². The second-order valence-electron chi connectivity index (χ2n) is 10.2. The molecule has 8 heteroatoms. The van der Waals surface area contributed by atoms with Gasteiger partial charge in [0.05, 0.1) is 23.1 Å². The number of hydrogen-bond acceptors (Lipinski definition) is 5. The molecule has 1 aliphatic heterocycles. The molecule has 2 fully saturated rings. The van der Waals surface area contributed by atoms with Gasteiger partial charge in [-0.05, 0) is 32.6 Å². The van der Waals surface area contributed by atoms with Crippen molar-refractivity contribution < 1.29 is 9.59 Å². The second-order valence-corrected chi connectivity index (χ2v) is 11.0. The normalized spacial score (nSPS) is 18.7. The Bertz CT molecular complexity index is 1220. The van der Waals surface area contributed by atoms with Crippen molar-refractivity contribution in [1.29, 1.82) is 0 Å². The number of aromatic nitrogens is 3. The zero-order chi connectivity index (χ0) is 24.7. The molecule has 0 spiro atoms. The summed E-state index contributed by atoms with van der Waals surface area (Å²) in [6.07, 6.45) is 4.84. The minimum absolute atomic E-state index is 0.0159. The van der Waals surface area contributed by atoms with Gasteiger partial charge in [0.25, 0.3) is 5.91 Å². The van der Waals surface area contributed by atoms with Crippen molar-refractivity contribution in [3.8, 4) is 16.4 Å². The summed E-state index contributed by atoms with van der Waals surface area (Å²) >= 11 is 1.53. The van der Waals surface area contributed by atoms with Gasteiger partial charge in [0, 0.05) is 42.5 Å². The number of thiazole rings is 1. The fourth-order valence-corrected chi connectivity index (χ4v) is 5.78. The number of rotatable bonds is 5. The molecule has 2 amide bonds. The molecule has 3 aromatic rings.